The number of hydrogen-bond acceptors (Lipinski definition) is 5. The van der Waals surface area contributed by atoms with E-state index in [1.54, 1.807) is 6.07 Å². The van der Waals surface area contributed by atoms with Gasteiger partial charge in [-0.2, -0.15) is 0 Å². The molecule has 0 aliphatic carbocycles. The predicted molar refractivity (Wildman–Crippen MR) is 112 cm³/mol. The van der Waals surface area contributed by atoms with E-state index >= 15 is 0 Å². The second-order valence-corrected chi connectivity index (χ2v) is 7.87. The SMILES string of the molecule is CCc1nnc(SCC(=O)Nc2cccc(Cl)c2C)c2cc3oc(C)cc3n12. The van der Waals surface area contributed by atoms with Crippen molar-refractivity contribution in [3.63, 3.8) is 0 Å². The smallest absolute Gasteiger partial charge is 0.234 e. The maximum absolute atomic E-state index is 12.4. The summed E-state index contributed by atoms with van der Waals surface area (Å²) in [7, 11) is 0. The number of rotatable bonds is 5. The zero-order valence-corrected chi connectivity index (χ0v) is 17.3. The first-order chi connectivity index (χ1) is 13.5. The van der Waals surface area contributed by atoms with Crippen molar-refractivity contribution >= 4 is 51.6 Å². The molecule has 4 aromatic rings. The van der Waals surface area contributed by atoms with Gasteiger partial charge in [0, 0.05) is 29.3 Å². The van der Waals surface area contributed by atoms with E-state index < -0.39 is 0 Å². The van der Waals surface area contributed by atoms with E-state index in [9.17, 15) is 4.79 Å². The van der Waals surface area contributed by atoms with E-state index in [0.29, 0.717) is 15.7 Å². The largest absolute Gasteiger partial charge is 0.460 e. The number of amides is 1. The van der Waals surface area contributed by atoms with Gasteiger partial charge in [0.1, 0.15) is 16.6 Å². The molecule has 1 amide bonds. The summed E-state index contributed by atoms with van der Waals surface area (Å²) in [5.74, 6) is 1.80. The molecule has 0 bridgehead atoms. The molecular weight excluding hydrogens is 396 g/mol. The molecule has 144 valence electrons. The van der Waals surface area contributed by atoms with Gasteiger partial charge in [-0.1, -0.05) is 36.4 Å². The molecule has 0 spiro atoms. The van der Waals surface area contributed by atoms with Crippen LogP contribution in [0.2, 0.25) is 5.02 Å². The molecule has 1 N–H and O–H groups in total. The Labute approximate surface area is 171 Å². The molecule has 0 radical (unpaired) electrons. The van der Waals surface area contributed by atoms with Gasteiger partial charge in [-0.3, -0.25) is 9.20 Å². The zero-order chi connectivity index (χ0) is 19.8. The van der Waals surface area contributed by atoms with Crippen LogP contribution >= 0.6 is 23.4 Å². The normalized spacial score (nSPS) is 11.4. The fourth-order valence-corrected chi connectivity index (χ4v) is 4.06. The Bertz CT molecular complexity index is 1200. The van der Waals surface area contributed by atoms with Crippen molar-refractivity contribution in [3.05, 3.63) is 52.5 Å². The first-order valence-corrected chi connectivity index (χ1v) is 10.3. The molecule has 6 nitrogen and oxygen atoms in total. The molecule has 0 aliphatic rings. The number of halogens is 1. The quantitative estimate of drug-likeness (QED) is 0.463. The fourth-order valence-electron chi connectivity index (χ4n) is 3.14. The highest BCUT2D eigenvalue weighted by Crippen LogP contribution is 2.30. The lowest BCUT2D eigenvalue weighted by atomic mass is 10.2. The minimum atomic E-state index is -0.124. The summed E-state index contributed by atoms with van der Waals surface area (Å²) in [6.07, 6.45) is 0.747. The zero-order valence-electron chi connectivity index (χ0n) is 15.7. The number of nitrogens with one attached hydrogen (secondary N) is 1. The molecule has 3 heterocycles. The first-order valence-electron chi connectivity index (χ1n) is 8.93. The third-order valence-electron chi connectivity index (χ3n) is 4.54. The second kappa shape index (κ2) is 7.48. The predicted octanol–water partition coefficient (Wildman–Crippen LogP) is 5.04. The van der Waals surface area contributed by atoms with Crippen molar-refractivity contribution in [2.45, 2.75) is 32.2 Å². The van der Waals surface area contributed by atoms with Crippen molar-refractivity contribution in [2.75, 3.05) is 11.1 Å². The molecule has 28 heavy (non-hydrogen) atoms. The van der Waals surface area contributed by atoms with E-state index in [-0.39, 0.29) is 11.7 Å². The van der Waals surface area contributed by atoms with Crippen LogP contribution in [0.15, 0.2) is 39.8 Å². The van der Waals surface area contributed by atoms with Gasteiger partial charge in [-0.25, -0.2) is 0 Å². The molecule has 0 fully saturated rings. The summed E-state index contributed by atoms with van der Waals surface area (Å²) in [4.78, 5) is 12.4. The summed E-state index contributed by atoms with van der Waals surface area (Å²) >= 11 is 7.46. The molecule has 0 saturated heterocycles. The van der Waals surface area contributed by atoms with Gasteiger partial charge < -0.3 is 9.73 Å². The summed E-state index contributed by atoms with van der Waals surface area (Å²) in [6, 6.07) is 9.40. The number of hydrogen-bond donors (Lipinski definition) is 1. The van der Waals surface area contributed by atoms with Crippen LogP contribution in [-0.4, -0.2) is 26.3 Å². The average molecular weight is 415 g/mol. The highest BCUT2D eigenvalue weighted by atomic mass is 35.5. The Morgan fingerprint density at radius 2 is 2.07 bits per heavy atom. The number of carbonyl (C=O) groups excluding carboxylic acids is 1. The van der Waals surface area contributed by atoms with Crippen LogP contribution in [0.25, 0.3) is 16.6 Å². The highest BCUT2D eigenvalue weighted by molar-refractivity contribution is 8.00. The molecule has 1 aromatic carbocycles. The Morgan fingerprint density at radius 1 is 1.25 bits per heavy atom. The van der Waals surface area contributed by atoms with Crippen LogP contribution < -0.4 is 5.32 Å². The number of nitrogens with zero attached hydrogens (tertiary/aromatic N) is 3. The first kappa shape index (κ1) is 18.8. The van der Waals surface area contributed by atoms with E-state index in [4.69, 9.17) is 16.0 Å². The fraction of sp³-hybridized carbons (Fsp3) is 0.250. The van der Waals surface area contributed by atoms with Crippen LogP contribution in [0.4, 0.5) is 5.69 Å². The van der Waals surface area contributed by atoms with Crippen LogP contribution in [0.1, 0.15) is 24.1 Å². The number of benzene rings is 1. The van der Waals surface area contributed by atoms with Crippen LogP contribution in [0.3, 0.4) is 0 Å². The topological polar surface area (TPSA) is 72.4 Å². The monoisotopic (exact) mass is 414 g/mol. The van der Waals surface area contributed by atoms with Gasteiger partial charge in [0.2, 0.25) is 5.91 Å². The highest BCUT2D eigenvalue weighted by Gasteiger charge is 2.17. The maximum Gasteiger partial charge on any atom is 0.234 e. The van der Waals surface area contributed by atoms with Crippen molar-refractivity contribution < 1.29 is 9.21 Å². The lowest BCUT2D eigenvalue weighted by Gasteiger charge is -2.10. The number of furan rings is 1. The third-order valence-corrected chi connectivity index (χ3v) is 5.92. The lowest BCUT2D eigenvalue weighted by Crippen LogP contribution is -2.15. The summed E-state index contributed by atoms with van der Waals surface area (Å²) in [5, 5.41) is 12.9. The van der Waals surface area contributed by atoms with Crippen molar-refractivity contribution in [2.24, 2.45) is 0 Å². The Morgan fingerprint density at radius 3 is 2.86 bits per heavy atom. The van der Waals surface area contributed by atoms with Crippen LogP contribution in [0, 0.1) is 13.8 Å². The molecule has 0 aliphatic heterocycles. The molecular formula is C20H19ClN4O2S. The summed E-state index contributed by atoms with van der Waals surface area (Å²) < 4.78 is 7.81. The van der Waals surface area contributed by atoms with Gasteiger partial charge in [-0.15, -0.1) is 10.2 Å². The number of thioether (sulfide) groups is 1. The van der Waals surface area contributed by atoms with Gasteiger partial charge >= 0.3 is 0 Å². The van der Waals surface area contributed by atoms with Crippen molar-refractivity contribution in [1.82, 2.24) is 14.6 Å². The number of fused-ring (bicyclic) bond motifs is 3. The standard InChI is InChI=1S/C20H19ClN4O2S/c1-4-18-23-24-20(16-9-17-15(25(16)18)8-11(2)27-17)28-10-19(26)22-14-7-5-6-13(21)12(14)3/h5-9H,4,10H2,1-3H3,(H,22,26). The minimum absolute atomic E-state index is 0.124. The molecule has 8 heteroatoms. The van der Waals surface area contributed by atoms with Gasteiger partial charge in [0.25, 0.3) is 0 Å². The summed E-state index contributed by atoms with van der Waals surface area (Å²) in [6.45, 7) is 5.83. The van der Waals surface area contributed by atoms with E-state index in [2.05, 4.69) is 19.9 Å². The lowest BCUT2D eigenvalue weighted by molar-refractivity contribution is -0.113. The van der Waals surface area contributed by atoms with E-state index in [1.807, 2.05) is 45.0 Å². The van der Waals surface area contributed by atoms with Crippen LogP contribution in [0.5, 0.6) is 0 Å². The van der Waals surface area contributed by atoms with Gasteiger partial charge in [0.15, 0.2) is 5.58 Å². The molecule has 0 unspecified atom stereocenters. The Kier molecular flexibility index (Phi) is 5.03. The molecule has 0 saturated carbocycles. The number of aryl methyl sites for hydroxylation is 2. The maximum atomic E-state index is 12.4. The Balaban J connectivity index is 1.59. The summed E-state index contributed by atoms with van der Waals surface area (Å²) in [5.41, 5.74) is 4.23. The Hall–Kier alpha value is -2.51. The second-order valence-electron chi connectivity index (χ2n) is 6.50. The number of anilines is 1. The van der Waals surface area contributed by atoms with E-state index in [0.717, 1.165) is 40.2 Å². The van der Waals surface area contributed by atoms with E-state index in [1.165, 1.54) is 11.8 Å². The molecule has 3 aromatic heterocycles. The number of aromatic nitrogens is 3. The average Bonchev–Trinajstić information content (AvgIpc) is 3.20. The molecule has 0 atom stereocenters. The van der Waals surface area contributed by atoms with Crippen molar-refractivity contribution in [1.29, 1.82) is 0 Å². The minimum Gasteiger partial charge on any atom is -0.460 e. The number of carbonyl (C=O) groups is 1. The van der Waals surface area contributed by atoms with Gasteiger partial charge in [0.05, 0.1) is 16.8 Å². The van der Waals surface area contributed by atoms with Gasteiger partial charge in [-0.05, 0) is 31.5 Å². The van der Waals surface area contributed by atoms with Crippen LogP contribution in [-0.2, 0) is 11.2 Å². The third kappa shape index (κ3) is 3.36. The van der Waals surface area contributed by atoms with Crippen molar-refractivity contribution in [3.8, 4) is 0 Å². The molecule has 4 rings (SSSR count).